The monoisotopic (exact) mass is 539 g/mol. The molecule has 1 heteroatoms. The van der Waals surface area contributed by atoms with Crippen molar-refractivity contribution in [3.63, 3.8) is 0 Å². The van der Waals surface area contributed by atoms with E-state index < -0.39 is 0 Å². The fraction of sp³-hybridized carbons (Fsp3) is 0.171. The zero-order valence-electron chi connectivity index (χ0n) is 23.7. The Balaban J connectivity index is 1.23. The second-order valence-corrected chi connectivity index (χ2v) is 12.6. The predicted octanol–water partition coefficient (Wildman–Crippen LogP) is 11.1. The first-order chi connectivity index (χ1) is 20.8. The van der Waals surface area contributed by atoms with Gasteiger partial charge in [0.25, 0.3) is 0 Å². The van der Waals surface area contributed by atoms with E-state index in [1.54, 1.807) is 11.1 Å². The zero-order valence-corrected chi connectivity index (χ0v) is 23.7. The molecule has 1 spiro atoms. The molecule has 3 aliphatic carbocycles. The maximum atomic E-state index is 2.55. The Morgan fingerprint density at radius 3 is 2.12 bits per heavy atom. The Kier molecular flexibility index (Phi) is 5.26. The normalized spacial score (nSPS) is 21.5. The first-order valence-electron chi connectivity index (χ1n) is 15.5. The molecular formula is C41H33N. The van der Waals surface area contributed by atoms with Crippen LogP contribution >= 0.6 is 0 Å². The molecular weight excluding hydrogens is 506 g/mol. The highest BCUT2D eigenvalue weighted by Crippen LogP contribution is 2.66. The van der Waals surface area contributed by atoms with Crippen molar-refractivity contribution in [3.05, 3.63) is 151 Å². The van der Waals surface area contributed by atoms with Crippen LogP contribution in [0, 0.1) is 11.8 Å². The molecule has 3 unspecified atom stereocenters. The molecule has 0 radical (unpaired) electrons. The standard InChI is InChI=1S/C41H33N/c1-2-13-32(14-3-1)42(33-15-8-12-30(25-33)36-18-9-11-29-10-4-5-16-35(29)36)34-22-23-38-37-17-6-7-19-39(37)41(40(38)26-34)27-28-20-21-31(41)24-28/h1-19,22-23,25-26,28,31H,20-21,24,27H2. The van der Waals surface area contributed by atoms with Crippen molar-refractivity contribution in [1.29, 1.82) is 0 Å². The molecule has 0 aliphatic heterocycles. The molecule has 0 amide bonds. The Labute approximate surface area is 248 Å². The van der Waals surface area contributed by atoms with Gasteiger partial charge in [-0.15, -0.1) is 0 Å². The summed E-state index contributed by atoms with van der Waals surface area (Å²) in [5.41, 5.74) is 12.3. The highest BCUT2D eigenvalue weighted by atomic mass is 15.1. The Morgan fingerprint density at radius 1 is 0.524 bits per heavy atom. The average Bonchev–Trinajstić information content (AvgIpc) is 3.75. The Bertz CT molecular complexity index is 1970. The van der Waals surface area contributed by atoms with Gasteiger partial charge < -0.3 is 4.90 Å². The van der Waals surface area contributed by atoms with Crippen molar-refractivity contribution >= 4 is 27.8 Å². The van der Waals surface area contributed by atoms with E-state index in [9.17, 15) is 0 Å². The van der Waals surface area contributed by atoms with Gasteiger partial charge in [-0.05, 0) is 112 Å². The van der Waals surface area contributed by atoms with Crippen molar-refractivity contribution in [2.75, 3.05) is 4.90 Å². The molecule has 2 saturated carbocycles. The number of rotatable bonds is 4. The van der Waals surface area contributed by atoms with Crippen molar-refractivity contribution in [1.82, 2.24) is 0 Å². The smallest absolute Gasteiger partial charge is 0.0467 e. The molecule has 3 aliphatic rings. The van der Waals surface area contributed by atoms with Crippen molar-refractivity contribution < 1.29 is 0 Å². The van der Waals surface area contributed by atoms with Crippen molar-refractivity contribution in [2.45, 2.75) is 31.1 Å². The number of hydrogen-bond donors (Lipinski definition) is 0. The van der Waals surface area contributed by atoms with E-state index in [1.165, 1.54) is 75.8 Å². The van der Waals surface area contributed by atoms with Gasteiger partial charge in [0.05, 0.1) is 0 Å². The van der Waals surface area contributed by atoms with E-state index in [4.69, 9.17) is 0 Å². The number of nitrogens with zero attached hydrogens (tertiary/aromatic N) is 1. The lowest BCUT2D eigenvalue weighted by Crippen LogP contribution is -2.32. The predicted molar refractivity (Wildman–Crippen MR) is 176 cm³/mol. The van der Waals surface area contributed by atoms with Crippen LogP contribution in [0.2, 0.25) is 0 Å². The molecule has 202 valence electrons. The summed E-state index contributed by atoms with van der Waals surface area (Å²) in [6.07, 6.45) is 5.44. The van der Waals surface area contributed by atoms with Crippen LogP contribution in [0.1, 0.15) is 36.8 Å². The van der Waals surface area contributed by atoms with Gasteiger partial charge in [0, 0.05) is 22.5 Å². The summed E-state index contributed by atoms with van der Waals surface area (Å²) in [6, 6.07) is 51.9. The summed E-state index contributed by atoms with van der Waals surface area (Å²) in [5.74, 6) is 1.61. The fourth-order valence-corrected chi connectivity index (χ4v) is 8.83. The van der Waals surface area contributed by atoms with Gasteiger partial charge >= 0.3 is 0 Å². The van der Waals surface area contributed by atoms with Gasteiger partial charge in [0.2, 0.25) is 0 Å². The molecule has 0 N–H and O–H groups in total. The number of fused-ring (bicyclic) bond motifs is 9. The van der Waals surface area contributed by atoms with Gasteiger partial charge in [0.1, 0.15) is 0 Å². The maximum Gasteiger partial charge on any atom is 0.0467 e. The lowest BCUT2D eigenvalue weighted by Gasteiger charge is -2.37. The molecule has 6 aromatic rings. The van der Waals surface area contributed by atoms with Gasteiger partial charge in [-0.3, -0.25) is 0 Å². The minimum absolute atomic E-state index is 0.165. The largest absolute Gasteiger partial charge is 0.310 e. The molecule has 3 atom stereocenters. The summed E-state index contributed by atoms with van der Waals surface area (Å²) in [4.78, 5) is 2.46. The third kappa shape index (κ3) is 3.43. The molecule has 9 rings (SSSR count). The summed E-state index contributed by atoms with van der Waals surface area (Å²) in [6.45, 7) is 0. The van der Waals surface area contributed by atoms with Crippen molar-refractivity contribution in [3.8, 4) is 22.3 Å². The molecule has 0 saturated heterocycles. The minimum Gasteiger partial charge on any atom is -0.310 e. The van der Waals surface area contributed by atoms with Crippen LogP contribution in [0.5, 0.6) is 0 Å². The summed E-state index contributed by atoms with van der Waals surface area (Å²) < 4.78 is 0. The Morgan fingerprint density at radius 2 is 1.24 bits per heavy atom. The first-order valence-corrected chi connectivity index (χ1v) is 15.5. The molecule has 1 nitrogen and oxygen atoms in total. The van der Waals surface area contributed by atoms with E-state index in [0.717, 1.165) is 11.8 Å². The summed E-state index contributed by atoms with van der Waals surface area (Å²) in [7, 11) is 0. The highest BCUT2D eigenvalue weighted by Gasteiger charge is 2.56. The Hall–Kier alpha value is -4.62. The summed E-state index contributed by atoms with van der Waals surface area (Å²) >= 11 is 0. The third-order valence-electron chi connectivity index (χ3n) is 10.5. The number of para-hydroxylation sites is 1. The lowest BCUT2D eigenvalue weighted by molar-refractivity contribution is 0.327. The van der Waals surface area contributed by atoms with E-state index >= 15 is 0 Å². The SMILES string of the molecule is c1ccc(N(c2cccc(-c3cccc4ccccc34)c2)c2ccc3c(c2)C2(CC4CCC2C4)c2ccccc2-3)cc1. The quantitative estimate of drug-likeness (QED) is 0.215. The highest BCUT2D eigenvalue weighted by molar-refractivity contribution is 5.97. The first kappa shape index (κ1) is 24.0. The molecule has 2 fully saturated rings. The molecule has 0 aromatic heterocycles. The van der Waals surface area contributed by atoms with Crippen LogP contribution in [-0.4, -0.2) is 0 Å². The second kappa shape index (κ2) is 9.19. The topological polar surface area (TPSA) is 3.24 Å². The third-order valence-corrected chi connectivity index (χ3v) is 10.5. The zero-order chi connectivity index (χ0) is 27.7. The maximum absolute atomic E-state index is 2.55. The summed E-state index contributed by atoms with van der Waals surface area (Å²) in [5, 5.41) is 2.56. The van der Waals surface area contributed by atoms with Crippen LogP contribution in [0.3, 0.4) is 0 Å². The minimum atomic E-state index is 0.165. The van der Waals surface area contributed by atoms with Crippen LogP contribution in [0.4, 0.5) is 17.1 Å². The van der Waals surface area contributed by atoms with E-state index in [2.05, 4.69) is 144 Å². The van der Waals surface area contributed by atoms with E-state index in [0.29, 0.717) is 0 Å². The fourth-order valence-electron chi connectivity index (χ4n) is 8.83. The second-order valence-electron chi connectivity index (χ2n) is 12.6. The van der Waals surface area contributed by atoms with Crippen LogP contribution in [0.15, 0.2) is 140 Å². The van der Waals surface area contributed by atoms with Crippen LogP contribution in [0.25, 0.3) is 33.0 Å². The van der Waals surface area contributed by atoms with Crippen molar-refractivity contribution in [2.24, 2.45) is 11.8 Å². The molecule has 6 aromatic carbocycles. The number of anilines is 3. The molecule has 42 heavy (non-hydrogen) atoms. The van der Waals surface area contributed by atoms with Gasteiger partial charge in [-0.25, -0.2) is 0 Å². The average molecular weight is 540 g/mol. The number of hydrogen-bond acceptors (Lipinski definition) is 1. The van der Waals surface area contributed by atoms with Crippen LogP contribution < -0.4 is 4.90 Å². The number of benzene rings is 6. The van der Waals surface area contributed by atoms with E-state index in [-0.39, 0.29) is 5.41 Å². The van der Waals surface area contributed by atoms with Gasteiger partial charge in [-0.2, -0.15) is 0 Å². The van der Waals surface area contributed by atoms with Crippen LogP contribution in [-0.2, 0) is 5.41 Å². The lowest BCUT2D eigenvalue weighted by atomic mass is 9.67. The van der Waals surface area contributed by atoms with Gasteiger partial charge in [0.15, 0.2) is 0 Å². The molecule has 2 bridgehead atoms. The van der Waals surface area contributed by atoms with Gasteiger partial charge in [-0.1, -0.05) is 110 Å². The van der Waals surface area contributed by atoms with E-state index in [1.807, 2.05) is 0 Å². The molecule has 0 heterocycles.